The SMILES string of the molecule is N#Cc1ncccc1NCC1CNCCO1. The molecule has 1 aliphatic rings. The second-order valence-electron chi connectivity index (χ2n) is 3.59. The maximum Gasteiger partial charge on any atom is 0.163 e. The third-order valence-electron chi connectivity index (χ3n) is 2.44. The summed E-state index contributed by atoms with van der Waals surface area (Å²) in [6.45, 7) is 3.18. The van der Waals surface area contributed by atoms with Gasteiger partial charge in [-0.2, -0.15) is 5.26 Å². The summed E-state index contributed by atoms with van der Waals surface area (Å²) < 4.78 is 5.54. The van der Waals surface area contributed by atoms with E-state index in [1.54, 1.807) is 6.20 Å². The Morgan fingerprint density at radius 2 is 2.62 bits per heavy atom. The molecule has 5 heteroatoms. The zero-order valence-corrected chi connectivity index (χ0v) is 8.94. The fourth-order valence-electron chi connectivity index (χ4n) is 1.61. The van der Waals surface area contributed by atoms with Gasteiger partial charge in [-0.25, -0.2) is 4.98 Å². The lowest BCUT2D eigenvalue weighted by molar-refractivity contribution is 0.0372. The van der Waals surface area contributed by atoms with Crippen LogP contribution in [0.25, 0.3) is 0 Å². The van der Waals surface area contributed by atoms with E-state index in [0.717, 1.165) is 25.4 Å². The number of rotatable bonds is 3. The molecule has 0 aromatic carbocycles. The molecular weight excluding hydrogens is 204 g/mol. The zero-order chi connectivity index (χ0) is 11.2. The maximum atomic E-state index is 8.86. The van der Waals surface area contributed by atoms with Crippen molar-refractivity contribution >= 4 is 5.69 Å². The van der Waals surface area contributed by atoms with E-state index in [9.17, 15) is 0 Å². The molecule has 1 unspecified atom stereocenters. The summed E-state index contributed by atoms with van der Waals surface area (Å²) in [7, 11) is 0. The van der Waals surface area contributed by atoms with Crippen LogP contribution < -0.4 is 10.6 Å². The zero-order valence-electron chi connectivity index (χ0n) is 8.94. The van der Waals surface area contributed by atoms with Crippen LogP contribution in [0.1, 0.15) is 5.69 Å². The lowest BCUT2D eigenvalue weighted by atomic mass is 10.2. The summed E-state index contributed by atoms with van der Waals surface area (Å²) in [6, 6.07) is 5.71. The summed E-state index contributed by atoms with van der Waals surface area (Å²) >= 11 is 0. The molecule has 0 aliphatic carbocycles. The van der Waals surface area contributed by atoms with Gasteiger partial charge in [-0.05, 0) is 12.1 Å². The Hall–Kier alpha value is -1.64. The van der Waals surface area contributed by atoms with E-state index in [-0.39, 0.29) is 6.10 Å². The van der Waals surface area contributed by atoms with Crippen LogP contribution in [0, 0.1) is 11.3 Å². The standard InChI is InChI=1S/C11H14N4O/c12-6-11-10(2-1-3-14-11)15-8-9-7-13-4-5-16-9/h1-3,9,13,15H,4-5,7-8H2. The molecule has 0 amide bonds. The highest BCUT2D eigenvalue weighted by Gasteiger charge is 2.13. The second kappa shape index (κ2) is 5.45. The van der Waals surface area contributed by atoms with Crippen LogP contribution in [-0.2, 0) is 4.74 Å². The molecule has 0 spiro atoms. The van der Waals surface area contributed by atoms with Crippen molar-refractivity contribution in [3.63, 3.8) is 0 Å². The number of nitrogens with zero attached hydrogens (tertiary/aromatic N) is 2. The molecule has 0 radical (unpaired) electrons. The number of ether oxygens (including phenoxy) is 1. The molecule has 16 heavy (non-hydrogen) atoms. The molecule has 0 saturated carbocycles. The van der Waals surface area contributed by atoms with Gasteiger partial charge in [-0.15, -0.1) is 0 Å². The van der Waals surface area contributed by atoms with E-state index in [1.807, 2.05) is 12.1 Å². The van der Waals surface area contributed by atoms with E-state index in [2.05, 4.69) is 21.7 Å². The molecule has 5 nitrogen and oxygen atoms in total. The molecule has 84 valence electrons. The minimum Gasteiger partial charge on any atom is -0.380 e. The third kappa shape index (κ3) is 2.69. The number of hydrogen-bond donors (Lipinski definition) is 2. The van der Waals surface area contributed by atoms with Crippen molar-refractivity contribution in [1.82, 2.24) is 10.3 Å². The first kappa shape index (κ1) is 10.9. The molecule has 1 aliphatic heterocycles. The Morgan fingerprint density at radius 1 is 1.69 bits per heavy atom. The largest absolute Gasteiger partial charge is 0.380 e. The topological polar surface area (TPSA) is 70.0 Å². The normalized spacial score (nSPS) is 20.1. The Balaban J connectivity index is 1.91. The Bertz CT molecular complexity index is 382. The molecule has 1 aromatic heterocycles. The van der Waals surface area contributed by atoms with Crippen molar-refractivity contribution in [3.05, 3.63) is 24.0 Å². The van der Waals surface area contributed by atoms with Crippen LogP contribution in [0.2, 0.25) is 0 Å². The Kier molecular flexibility index (Phi) is 3.70. The van der Waals surface area contributed by atoms with Crippen molar-refractivity contribution < 1.29 is 4.74 Å². The molecule has 2 rings (SSSR count). The van der Waals surface area contributed by atoms with Crippen LogP contribution in [0.4, 0.5) is 5.69 Å². The van der Waals surface area contributed by atoms with Gasteiger partial charge < -0.3 is 15.4 Å². The monoisotopic (exact) mass is 218 g/mol. The molecule has 1 aromatic rings. The van der Waals surface area contributed by atoms with E-state index >= 15 is 0 Å². The van der Waals surface area contributed by atoms with E-state index < -0.39 is 0 Å². The summed E-state index contributed by atoms with van der Waals surface area (Å²) in [5.41, 5.74) is 1.19. The van der Waals surface area contributed by atoms with E-state index in [4.69, 9.17) is 10.00 Å². The lowest BCUT2D eigenvalue weighted by Crippen LogP contribution is -2.42. The fraction of sp³-hybridized carbons (Fsp3) is 0.455. The predicted octanol–water partition coefficient (Wildman–Crippen LogP) is 0.354. The minimum atomic E-state index is 0.153. The summed E-state index contributed by atoms with van der Waals surface area (Å²) in [5, 5.41) is 15.3. The number of nitriles is 1. The number of morpholine rings is 1. The van der Waals surface area contributed by atoms with Crippen molar-refractivity contribution in [3.8, 4) is 6.07 Å². The number of hydrogen-bond acceptors (Lipinski definition) is 5. The lowest BCUT2D eigenvalue weighted by Gasteiger charge is -2.24. The number of nitrogens with one attached hydrogen (secondary N) is 2. The van der Waals surface area contributed by atoms with Crippen LogP contribution >= 0.6 is 0 Å². The molecule has 0 bridgehead atoms. The van der Waals surface area contributed by atoms with Gasteiger partial charge in [0.25, 0.3) is 0 Å². The summed E-state index contributed by atoms with van der Waals surface area (Å²) in [5.74, 6) is 0. The van der Waals surface area contributed by atoms with Crippen molar-refractivity contribution in [2.75, 3.05) is 31.6 Å². The minimum absolute atomic E-state index is 0.153. The van der Waals surface area contributed by atoms with Crippen LogP contribution in [-0.4, -0.2) is 37.3 Å². The van der Waals surface area contributed by atoms with Gasteiger partial charge >= 0.3 is 0 Å². The van der Waals surface area contributed by atoms with Gasteiger partial charge in [0.1, 0.15) is 6.07 Å². The second-order valence-corrected chi connectivity index (χ2v) is 3.59. The first-order valence-corrected chi connectivity index (χ1v) is 5.31. The van der Waals surface area contributed by atoms with Crippen LogP contribution in [0.5, 0.6) is 0 Å². The quantitative estimate of drug-likeness (QED) is 0.766. The number of aromatic nitrogens is 1. The molecule has 1 atom stereocenters. The molecule has 2 N–H and O–H groups in total. The molecule has 1 fully saturated rings. The van der Waals surface area contributed by atoms with Crippen LogP contribution in [0.15, 0.2) is 18.3 Å². The van der Waals surface area contributed by atoms with Gasteiger partial charge in [-0.3, -0.25) is 0 Å². The fourth-order valence-corrected chi connectivity index (χ4v) is 1.61. The van der Waals surface area contributed by atoms with E-state index in [1.165, 1.54) is 0 Å². The first-order chi connectivity index (χ1) is 7.90. The Labute approximate surface area is 94.4 Å². The maximum absolute atomic E-state index is 8.86. The third-order valence-corrected chi connectivity index (χ3v) is 2.44. The van der Waals surface area contributed by atoms with E-state index in [0.29, 0.717) is 12.2 Å². The van der Waals surface area contributed by atoms with Crippen molar-refractivity contribution in [2.45, 2.75) is 6.10 Å². The van der Waals surface area contributed by atoms with Crippen molar-refractivity contribution in [2.24, 2.45) is 0 Å². The average molecular weight is 218 g/mol. The molecule has 2 heterocycles. The average Bonchev–Trinajstić information content (AvgIpc) is 2.38. The smallest absolute Gasteiger partial charge is 0.163 e. The highest BCUT2D eigenvalue weighted by Crippen LogP contribution is 2.11. The molecule has 1 saturated heterocycles. The predicted molar refractivity (Wildman–Crippen MR) is 60.1 cm³/mol. The summed E-state index contributed by atoms with van der Waals surface area (Å²) in [4.78, 5) is 3.98. The van der Waals surface area contributed by atoms with Gasteiger partial charge in [0, 0.05) is 25.8 Å². The van der Waals surface area contributed by atoms with Gasteiger partial charge in [-0.1, -0.05) is 0 Å². The van der Waals surface area contributed by atoms with Gasteiger partial charge in [0.05, 0.1) is 18.4 Å². The highest BCUT2D eigenvalue weighted by atomic mass is 16.5. The van der Waals surface area contributed by atoms with Crippen LogP contribution in [0.3, 0.4) is 0 Å². The van der Waals surface area contributed by atoms with Gasteiger partial charge in [0.15, 0.2) is 5.69 Å². The summed E-state index contributed by atoms with van der Waals surface area (Å²) in [6.07, 6.45) is 1.77. The van der Waals surface area contributed by atoms with Gasteiger partial charge in [0.2, 0.25) is 0 Å². The number of pyridine rings is 1. The highest BCUT2D eigenvalue weighted by molar-refractivity contribution is 5.53. The van der Waals surface area contributed by atoms with Crippen molar-refractivity contribution in [1.29, 1.82) is 5.26 Å². The first-order valence-electron chi connectivity index (χ1n) is 5.31. The Morgan fingerprint density at radius 3 is 3.38 bits per heavy atom. The molecular formula is C11H14N4O. The number of anilines is 1.